The van der Waals surface area contributed by atoms with Crippen molar-refractivity contribution in [1.29, 1.82) is 0 Å². The maximum atomic E-state index is 9.68. The Kier molecular flexibility index (Phi) is 6.77. The van der Waals surface area contributed by atoms with Crippen molar-refractivity contribution >= 4 is 28.9 Å². The van der Waals surface area contributed by atoms with Crippen molar-refractivity contribution in [2.45, 2.75) is 19.3 Å². The Bertz CT molecular complexity index is 45.3. The van der Waals surface area contributed by atoms with Crippen LogP contribution in [0.3, 0.4) is 0 Å². The Morgan fingerprint density at radius 1 is 1.43 bits per heavy atom. The minimum atomic E-state index is 0.739. The summed E-state index contributed by atoms with van der Waals surface area (Å²) in [4.78, 5) is 9.68. The van der Waals surface area contributed by atoms with E-state index >= 15 is 0 Å². The highest BCUT2D eigenvalue weighted by molar-refractivity contribution is 14.1. The summed E-state index contributed by atoms with van der Waals surface area (Å²) in [5.74, 6) is 0. The lowest BCUT2D eigenvalue weighted by Gasteiger charge is -1.84. The molecule has 0 aromatic rings. The third kappa shape index (κ3) is 6.40. The molecule has 0 saturated heterocycles. The molecule has 2 heteroatoms. The zero-order valence-corrected chi connectivity index (χ0v) is 6.35. The average Bonchev–Trinajstić information content (AvgIpc) is 1.69. The third-order valence-electron chi connectivity index (χ3n) is 0.706. The fourth-order valence-corrected chi connectivity index (χ4v) is 0.862. The van der Waals surface area contributed by atoms with Crippen molar-refractivity contribution in [1.82, 2.24) is 0 Å². The van der Waals surface area contributed by atoms with Gasteiger partial charge in [0.25, 0.3) is 0 Å². The molecule has 0 aliphatic carbocycles. The summed E-state index contributed by atoms with van der Waals surface area (Å²) < 4.78 is 1.17. The summed E-state index contributed by atoms with van der Waals surface area (Å²) in [6.45, 7) is 0. The van der Waals surface area contributed by atoms with Gasteiger partial charge in [-0.15, -0.1) is 0 Å². The van der Waals surface area contributed by atoms with Gasteiger partial charge in [0.15, 0.2) is 0 Å². The maximum Gasteiger partial charge on any atom is 0.119 e. The van der Waals surface area contributed by atoms with Gasteiger partial charge in [-0.25, -0.2) is 0 Å². The molecule has 7 heavy (non-hydrogen) atoms. The molecular formula is C5H9IO. The SMILES string of the molecule is O=CCCCCI. The number of hydrogen-bond donors (Lipinski definition) is 0. The van der Waals surface area contributed by atoms with E-state index in [2.05, 4.69) is 22.6 Å². The van der Waals surface area contributed by atoms with Crippen LogP contribution in [-0.4, -0.2) is 10.7 Å². The quantitative estimate of drug-likeness (QED) is 0.300. The Balaban J connectivity index is 2.56. The molecule has 0 aliphatic heterocycles. The minimum absolute atomic E-state index is 0.739. The molecule has 0 atom stereocenters. The van der Waals surface area contributed by atoms with Crippen LogP contribution < -0.4 is 0 Å². The number of hydrogen-bond acceptors (Lipinski definition) is 1. The number of halogens is 1. The fraction of sp³-hybridized carbons (Fsp3) is 0.800. The lowest BCUT2D eigenvalue weighted by Crippen LogP contribution is -1.76. The van der Waals surface area contributed by atoms with Crippen LogP contribution in [0.15, 0.2) is 0 Å². The van der Waals surface area contributed by atoms with Gasteiger partial charge in [-0.1, -0.05) is 22.6 Å². The molecule has 42 valence electrons. The largest absolute Gasteiger partial charge is 0.303 e. The average molecular weight is 212 g/mol. The Morgan fingerprint density at radius 2 is 2.14 bits per heavy atom. The molecule has 0 heterocycles. The van der Waals surface area contributed by atoms with E-state index in [0.717, 1.165) is 19.1 Å². The molecule has 0 spiro atoms. The van der Waals surface area contributed by atoms with E-state index < -0.39 is 0 Å². The lowest BCUT2D eigenvalue weighted by molar-refractivity contribution is -0.107. The predicted octanol–water partition coefficient (Wildman–Crippen LogP) is 1.79. The molecule has 0 N–H and O–H groups in total. The minimum Gasteiger partial charge on any atom is -0.303 e. The molecule has 0 aliphatic rings. The van der Waals surface area contributed by atoms with E-state index in [0.29, 0.717) is 0 Å². The second kappa shape index (κ2) is 6.40. The van der Waals surface area contributed by atoms with E-state index in [9.17, 15) is 4.79 Å². The Morgan fingerprint density at radius 3 is 2.57 bits per heavy atom. The molecule has 1 nitrogen and oxygen atoms in total. The first kappa shape index (κ1) is 7.40. The summed E-state index contributed by atoms with van der Waals surface area (Å²) in [5, 5.41) is 0. The first-order valence-corrected chi connectivity index (χ1v) is 3.94. The summed E-state index contributed by atoms with van der Waals surface area (Å²) in [6, 6.07) is 0. The second-order valence-electron chi connectivity index (χ2n) is 1.35. The van der Waals surface area contributed by atoms with Crippen LogP contribution in [0.5, 0.6) is 0 Å². The second-order valence-corrected chi connectivity index (χ2v) is 2.43. The van der Waals surface area contributed by atoms with E-state index in [-0.39, 0.29) is 0 Å². The Labute approximate surface area is 57.6 Å². The van der Waals surface area contributed by atoms with Crippen LogP contribution in [-0.2, 0) is 4.79 Å². The molecule has 0 aromatic carbocycles. The van der Waals surface area contributed by atoms with E-state index in [1.807, 2.05) is 0 Å². The van der Waals surface area contributed by atoms with Gasteiger partial charge in [-0.05, 0) is 17.3 Å². The zero-order valence-electron chi connectivity index (χ0n) is 4.19. The van der Waals surface area contributed by atoms with Gasteiger partial charge in [0.2, 0.25) is 0 Å². The number of aldehydes is 1. The zero-order chi connectivity index (χ0) is 5.54. The first-order chi connectivity index (χ1) is 3.41. The molecular weight excluding hydrogens is 203 g/mol. The number of alkyl halides is 1. The summed E-state index contributed by atoms with van der Waals surface area (Å²) >= 11 is 2.31. The van der Waals surface area contributed by atoms with E-state index in [1.54, 1.807) is 0 Å². The van der Waals surface area contributed by atoms with Gasteiger partial charge in [0.1, 0.15) is 6.29 Å². The fourth-order valence-electron chi connectivity index (χ4n) is 0.322. The molecule has 0 bridgehead atoms. The van der Waals surface area contributed by atoms with Gasteiger partial charge in [0.05, 0.1) is 0 Å². The van der Waals surface area contributed by atoms with Gasteiger partial charge >= 0.3 is 0 Å². The van der Waals surface area contributed by atoms with Gasteiger partial charge < -0.3 is 4.79 Å². The van der Waals surface area contributed by atoms with Crippen molar-refractivity contribution in [2.24, 2.45) is 0 Å². The highest BCUT2D eigenvalue weighted by Crippen LogP contribution is 1.95. The topological polar surface area (TPSA) is 17.1 Å². The lowest BCUT2D eigenvalue weighted by atomic mass is 10.3. The predicted molar refractivity (Wildman–Crippen MR) is 38.8 cm³/mol. The van der Waals surface area contributed by atoms with Crippen LogP contribution in [0, 0.1) is 0 Å². The van der Waals surface area contributed by atoms with Crippen LogP contribution >= 0.6 is 22.6 Å². The van der Waals surface area contributed by atoms with Crippen molar-refractivity contribution < 1.29 is 4.79 Å². The monoisotopic (exact) mass is 212 g/mol. The van der Waals surface area contributed by atoms with Crippen molar-refractivity contribution in [3.63, 3.8) is 0 Å². The van der Waals surface area contributed by atoms with Crippen LogP contribution in [0.2, 0.25) is 0 Å². The third-order valence-corrected chi connectivity index (χ3v) is 1.47. The molecule has 0 aromatic heterocycles. The van der Waals surface area contributed by atoms with Gasteiger partial charge in [0, 0.05) is 6.42 Å². The highest BCUT2D eigenvalue weighted by atomic mass is 127. The summed E-state index contributed by atoms with van der Waals surface area (Å²) in [6.07, 6.45) is 3.96. The standard InChI is InChI=1S/C5H9IO/c6-4-2-1-3-5-7/h5H,1-4H2. The van der Waals surface area contributed by atoms with Crippen LogP contribution in [0.4, 0.5) is 0 Å². The van der Waals surface area contributed by atoms with Crippen molar-refractivity contribution in [2.75, 3.05) is 4.43 Å². The molecule has 0 saturated carbocycles. The van der Waals surface area contributed by atoms with Gasteiger partial charge in [-0.3, -0.25) is 0 Å². The van der Waals surface area contributed by atoms with E-state index in [4.69, 9.17) is 0 Å². The molecule has 0 fully saturated rings. The van der Waals surface area contributed by atoms with E-state index in [1.165, 1.54) is 10.8 Å². The van der Waals surface area contributed by atoms with Crippen LogP contribution in [0.25, 0.3) is 0 Å². The smallest absolute Gasteiger partial charge is 0.119 e. The van der Waals surface area contributed by atoms with Crippen LogP contribution in [0.1, 0.15) is 19.3 Å². The highest BCUT2D eigenvalue weighted by Gasteiger charge is 1.80. The summed E-state index contributed by atoms with van der Waals surface area (Å²) in [7, 11) is 0. The molecule has 0 radical (unpaired) electrons. The molecule has 0 rings (SSSR count). The van der Waals surface area contributed by atoms with Gasteiger partial charge in [-0.2, -0.15) is 0 Å². The number of rotatable bonds is 4. The Hall–Kier alpha value is 0.400. The number of unbranched alkanes of at least 4 members (excludes halogenated alkanes) is 2. The van der Waals surface area contributed by atoms with Crippen molar-refractivity contribution in [3.05, 3.63) is 0 Å². The molecule has 0 amide bonds. The number of carbonyl (C=O) groups excluding carboxylic acids is 1. The molecule has 0 unspecified atom stereocenters. The summed E-state index contributed by atoms with van der Waals surface area (Å²) in [5.41, 5.74) is 0. The number of carbonyl (C=O) groups is 1. The first-order valence-electron chi connectivity index (χ1n) is 2.41. The van der Waals surface area contributed by atoms with Crippen molar-refractivity contribution in [3.8, 4) is 0 Å². The maximum absolute atomic E-state index is 9.68. The normalized spacial score (nSPS) is 8.71.